The summed E-state index contributed by atoms with van der Waals surface area (Å²) in [5.41, 5.74) is 5.39. The van der Waals surface area contributed by atoms with E-state index in [9.17, 15) is 4.79 Å². The third kappa shape index (κ3) is 3.47. The molecule has 4 heteroatoms. The summed E-state index contributed by atoms with van der Waals surface area (Å²) in [6.07, 6.45) is 5.57. The SMILES string of the molecule is CN(C)C1(CNCCC(N)=O)CCCC1. The molecule has 0 aromatic heterocycles. The van der Waals surface area contributed by atoms with Crippen LogP contribution in [0.25, 0.3) is 0 Å². The third-order valence-electron chi connectivity index (χ3n) is 3.49. The average molecular weight is 213 g/mol. The van der Waals surface area contributed by atoms with Crippen LogP contribution in [-0.4, -0.2) is 43.5 Å². The van der Waals surface area contributed by atoms with Crippen LogP contribution >= 0.6 is 0 Å². The summed E-state index contributed by atoms with van der Waals surface area (Å²) < 4.78 is 0. The van der Waals surface area contributed by atoms with Crippen molar-refractivity contribution in [1.82, 2.24) is 10.2 Å². The zero-order chi connectivity index (χ0) is 11.3. The first kappa shape index (κ1) is 12.5. The van der Waals surface area contributed by atoms with Crippen molar-refractivity contribution >= 4 is 5.91 Å². The minimum atomic E-state index is -0.229. The van der Waals surface area contributed by atoms with Crippen molar-refractivity contribution in [3.63, 3.8) is 0 Å². The lowest BCUT2D eigenvalue weighted by Gasteiger charge is -2.36. The monoisotopic (exact) mass is 213 g/mol. The second kappa shape index (κ2) is 5.47. The average Bonchev–Trinajstić information content (AvgIpc) is 2.62. The Morgan fingerprint density at radius 2 is 2.00 bits per heavy atom. The van der Waals surface area contributed by atoms with Gasteiger partial charge in [0.15, 0.2) is 0 Å². The van der Waals surface area contributed by atoms with Crippen molar-refractivity contribution in [3.8, 4) is 0 Å². The summed E-state index contributed by atoms with van der Waals surface area (Å²) in [7, 11) is 4.28. The molecule has 1 aliphatic rings. The van der Waals surface area contributed by atoms with Crippen LogP contribution in [0.15, 0.2) is 0 Å². The van der Waals surface area contributed by atoms with Gasteiger partial charge in [0.1, 0.15) is 0 Å². The van der Waals surface area contributed by atoms with Gasteiger partial charge in [-0.1, -0.05) is 12.8 Å². The van der Waals surface area contributed by atoms with E-state index in [0.29, 0.717) is 18.5 Å². The van der Waals surface area contributed by atoms with Crippen LogP contribution in [0.5, 0.6) is 0 Å². The van der Waals surface area contributed by atoms with Gasteiger partial charge in [0, 0.05) is 25.0 Å². The number of primary amides is 1. The summed E-state index contributed by atoms with van der Waals surface area (Å²) in [6, 6.07) is 0. The van der Waals surface area contributed by atoms with E-state index < -0.39 is 0 Å². The van der Waals surface area contributed by atoms with Crippen molar-refractivity contribution in [2.75, 3.05) is 27.2 Å². The van der Waals surface area contributed by atoms with Gasteiger partial charge in [-0.3, -0.25) is 4.79 Å². The molecule has 0 aromatic rings. The standard InChI is InChI=1S/C11H23N3O/c1-14(2)11(6-3-4-7-11)9-13-8-5-10(12)15/h13H,3-9H2,1-2H3,(H2,12,15). The Morgan fingerprint density at radius 1 is 1.40 bits per heavy atom. The van der Waals surface area contributed by atoms with Crippen LogP contribution in [0, 0.1) is 0 Å². The summed E-state index contributed by atoms with van der Waals surface area (Å²) in [6.45, 7) is 1.66. The lowest BCUT2D eigenvalue weighted by Crippen LogP contribution is -2.49. The quantitative estimate of drug-likeness (QED) is 0.625. The molecule has 88 valence electrons. The molecule has 0 atom stereocenters. The second-order valence-electron chi connectivity index (χ2n) is 4.72. The molecule has 1 aliphatic carbocycles. The number of nitrogens with one attached hydrogen (secondary N) is 1. The minimum Gasteiger partial charge on any atom is -0.370 e. The highest BCUT2D eigenvalue weighted by molar-refractivity contribution is 5.73. The molecular weight excluding hydrogens is 190 g/mol. The predicted molar refractivity (Wildman–Crippen MR) is 61.6 cm³/mol. The number of amides is 1. The molecule has 0 unspecified atom stereocenters. The van der Waals surface area contributed by atoms with Gasteiger partial charge in [-0.15, -0.1) is 0 Å². The molecule has 0 aliphatic heterocycles. The molecule has 4 nitrogen and oxygen atoms in total. The number of rotatable bonds is 6. The first-order valence-corrected chi connectivity index (χ1v) is 5.73. The largest absolute Gasteiger partial charge is 0.370 e. The Morgan fingerprint density at radius 3 is 2.47 bits per heavy atom. The highest BCUT2D eigenvalue weighted by atomic mass is 16.1. The van der Waals surface area contributed by atoms with Crippen LogP contribution in [-0.2, 0) is 4.79 Å². The zero-order valence-corrected chi connectivity index (χ0v) is 9.88. The first-order valence-electron chi connectivity index (χ1n) is 5.73. The zero-order valence-electron chi connectivity index (χ0n) is 9.88. The number of carbonyl (C=O) groups is 1. The van der Waals surface area contributed by atoms with E-state index in [-0.39, 0.29) is 5.91 Å². The number of hydrogen-bond acceptors (Lipinski definition) is 3. The molecule has 0 bridgehead atoms. The van der Waals surface area contributed by atoms with Gasteiger partial charge >= 0.3 is 0 Å². The van der Waals surface area contributed by atoms with Crippen molar-refractivity contribution < 1.29 is 4.79 Å². The maximum absolute atomic E-state index is 10.6. The molecule has 15 heavy (non-hydrogen) atoms. The smallest absolute Gasteiger partial charge is 0.218 e. The van der Waals surface area contributed by atoms with Gasteiger partial charge in [-0.05, 0) is 26.9 Å². The molecule has 3 N–H and O–H groups in total. The lowest BCUT2D eigenvalue weighted by molar-refractivity contribution is -0.117. The highest BCUT2D eigenvalue weighted by Crippen LogP contribution is 2.32. The molecule has 0 saturated heterocycles. The van der Waals surface area contributed by atoms with Crippen LogP contribution in [0.1, 0.15) is 32.1 Å². The fraction of sp³-hybridized carbons (Fsp3) is 0.909. The minimum absolute atomic E-state index is 0.229. The molecule has 1 fully saturated rings. The van der Waals surface area contributed by atoms with Gasteiger partial charge in [0.05, 0.1) is 0 Å². The number of nitrogens with two attached hydrogens (primary N) is 1. The normalized spacial score (nSPS) is 19.7. The van der Waals surface area contributed by atoms with E-state index in [4.69, 9.17) is 5.73 Å². The Labute approximate surface area is 92.2 Å². The molecule has 1 amide bonds. The summed E-state index contributed by atoms with van der Waals surface area (Å²) in [4.78, 5) is 12.9. The Balaban J connectivity index is 2.30. The Hall–Kier alpha value is -0.610. The van der Waals surface area contributed by atoms with Gasteiger partial charge in [-0.25, -0.2) is 0 Å². The van der Waals surface area contributed by atoms with Gasteiger partial charge < -0.3 is 16.0 Å². The third-order valence-corrected chi connectivity index (χ3v) is 3.49. The van der Waals surface area contributed by atoms with Crippen molar-refractivity contribution in [2.24, 2.45) is 5.73 Å². The summed E-state index contributed by atoms with van der Waals surface area (Å²) in [5.74, 6) is -0.229. The first-order chi connectivity index (χ1) is 7.07. The maximum Gasteiger partial charge on any atom is 0.218 e. The van der Waals surface area contributed by atoms with E-state index in [2.05, 4.69) is 24.3 Å². The molecule has 0 spiro atoms. The van der Waals surface area contributed by atoms with Crippen molar-refractivity contribution in [2.45, 2.75) is 37.6 Å². The van der Waals surface area contributed by atoms with Crippen LogP contribution < -0.4 is 11.1 Å². The van der Waals surface area contributed by atoms with Crippen molar-refractivity contribution in [3.05, 3.63) is 0 Å². The van der Waals surface area contributed by atoms with E-state index >= 15 is 0 Å². The molecule has 0 aromatic carbocycles. The van der Waals surface area contributed by atoms with Gasteiger partial charge in [-0.2, -0.15) is 0 Å². The van der Waals surface area contributed by atoms with Crippen LogP contribution in [0.2, 0.25) is 0 Å². The van der Waals surface area contributed by atoms with Gasteiger partial charge in [0.2, 0.25) is 5.91 Å². The Bertz CT molecular complexity index is 210. The molecule has 1 saturated carbocycles. The maximum atomic E-state index is 10.6. The summed E-state index contributed by atoms with van der Waals surface area (Å²) in [5, 5.41) is 3.34. The fourth-order valence-electron chi connectivity index (χ4n) is 2.35. The lowest BCUT2D eigenvalue weighted by atomic mass is 9.96. The van der Waals surface area contributed by atoms with E-state index in [1.54, 1.807) is 0 Å². The molecule has 0 radical (unpaired) electrons. The number of nitrogens with zero attached hydrogens (tertiary/aromatic N) is 1. The van der Waals surface area contributed by atoms with E-state index in [0.717, 1.165) is 6.54 Å². The number of carbonyl (C=O) groups excluding carboxylic acids is 1. The summed E-state index contributed by atoms with van der Waals surface area (Å²) >= 11 is 0. The predicted octanol–water partition coefficient (Wildman–Crippen LogP) is 0.326. The Kier molecular flexibility index (Phi) is 4.54. The van der Waals surface area contributed by atoms with Crippen molar-refractivity contribution in [1.29, 1.82) is 0 Å². The number of hydrogen-bond donors (Lipinski definition) is 2. The van der Waals surface area contributed by atoms with Gasteiger partial charge in [0.25, 0.3) is 0 Å². The fourth-order valence-corrected chi connectivity index (χ4v) is 2.35. The second-order valence-corrected chi connectivity index (χ2v) is 4.72. The highest BCUT2D eigenvalue weighted by Gasteiger charge is 2.35. The molecular formula is C11H23N3O. The van der Waals surface area contributed by atoms with Crippen LogP contribution in [0.4, 0.5) is 0 Å². The van der Waals surface area contributed by atoms with E-state index in [1.165, 1.54) is 25.7 Å². The van der Waals surface area contributed by atoms with E-state index in [1.807, 2.05) is 0 Å². The number of likely N-dealkylation sites (N-methyl/N-ethyl adjacent to an activating group) is 1. The topological polar surface area (TPSA) is 58.4 Å². The van der Waals surface area contributed by atoms with Crippen LogP contribution in [0.3, 0.4) is 0 Å². The molecule has 0 heterocycles. The molecule has 1 rings (SSSR count).